The Hall–Kier alpha value is -1.58. The summed E-state index contributed by atoms with van der Waals surface area (Å²) in [7, 11) is -2.00. The summed E-state index contributed by atoms with van der Waals surface area (Å²) in [4.78, 5) is 15.4. The van der Waals surface area contributed by atoms with Crippen molar-refractivity contribution in [3.05, 3.63) is 29.8 Å². The Morgan fingerprint density at radius 2 is 1.83 bits per heavy atom. The minimum atomic E-state index is -3.97. The van der Waals surface area contributed by atoms with E-state index in [1.165, 1.54) is 0 Å². The van der Waals surface area contributed by atoms with Crippen LogP contribution in [-0.2, 0) is 14.8 Å². The van der Waals surface area contributed by atoms with E-state index in [0.717, 1.165) is 25.2 Å². The average Bonchev–Trinajstić information content (AvgIpc) is 2.50. The molecule has 1 aromatic carbocycles. The number of piperazine rings is 1. The highest BCUT2D eigenvalue weighted by molar-refractivity contribution is 7.89. The number of likely N-dealkylation sites (N-methyl/N-ethyl adjacent to an activating group) is 1. The molecule has 6 nitrogen and oxygen atoms in total. The zero-order chi connectivity index (χ0) is 17.0. The Kier molecular flexibility index (Phi) is 5.66. The van der Waals surface area contributed by atoms with E-state index in [1.807, 2.05) is 7.05 Å². The summed E-state index contributed by atoms with van der Waals surface area (Å²) in [5.41, 5.74) is 0. The summed E-state index contributed by atoms with van der Waals surface area (Å²) in [6.07, 6.45) is 0.0205. The van der Waals surface area contributed by atoms with Crippen LogP contribution in [0, 0.1) is 11.6 Å². The number of carbonyl (C=O) groups excluding carboxylic acids is 1. The first-order valence-corrected chi connectivity index (χ1v) is 8.69. The van der Waals surface area contributed by atoms with Crippen LogP contribution in [0.1, 0.15) is 6.42 Å². The van der Waals surface area contributed by atoms with Crippen molar-refractivity contribution in [2.75, 3.05) is 39.8 Å². The lowest BCUT2D eigenvalue weighted by atomic mass is 10.3. The van der Waals surface area contributed by atoms with Gasteiger partial charge in [0.25, 0.3) is 0 Å². The van der Waals surface area contributed by atoms with Crippen LogP contribution >= 0.6 is 0 Å². The number of nitrogens with one attached hydrogen (secondary N) is 1. The maximum atomic E-state index is 13.1. The summed E-state index contributed by atoms with van der Waals surface area (Å²) >= 11 is 0. The van der Waals surface area contributed by atoms with Crippen LogP contribution in [0.15, 0.2) is 23.1 Å². The van der Waals surface area contributed by atoms with E-state index in [-0.39, 0.29) is 23.8 Å². The summed E-state index contributed by atoms with van der Waals surface area (Å²) in [5, 5.41) is 0. The number of halogens is 2. The van der Waals surface area contributed by atoms with Crippen molar-refractivity contribution in [2.45, 2.75) is 11.3 Å². The molecule has 1 fully saturated rings. The van der Waals surface area contributed by atoms with Gasteiger partial charge in [-0.05, 0) is 25.2 Å². The van der Waals surface area contributed by atoms with Crippen molar-refractivity contribution in [1.29, 1.82) is 0 Å². The molecule has 1 heterocycles. The van der Waals surface area contributed by atoms with Crippen LogP contribution < -0.4 is 4.72 Å². The molecule has 1 aliphatic rings. The fourth-order valence-corrected chi connectivity index (χ4v) is 3.28. The Balaban J connectivity index is 1.87. The molecule has 0 unspecified atom stereocenters. The molecule has 9 heteroatoms. The van der Waals surface area contributed by atoms with Gasteiger partial charge in [0.05, 0.1) is 4.90 Å². The van der Waals surface area contributed by atoms with E-state index in [9.17, 15) is 22.0 Å². The average molecular weight is 347 g/mol. The van der Waals surface area contributed by atoms with Crippen LogP contribution in [0.5, 0.6) is 0 Å². The molecule has 0 bridgehead atoms. The SMILES string of the molecule is CN1CCN(C(=O)CCNS(=O)(=O)c2ccc(F)c(F)c2)CC1. The highest BCUT2D eigenvalue weighted by Crippen LogP contribution is 2.13. The van der Waals surface area contributed by atoms with Crippen LogP contribution in [0.25, 0.3) is 0 Å². The standard InChI is InChI=1S/C14H19F2N3O3S/c1-18-6-8-19(9-7-18)14(20)4-5-17-23(21,22)11-2-3-12(15)13(16)10-11/h2-3,10,17H,4-9H2,1H3. The van der Waals surface area contributed by atoms with Crippen LogP contribution in [0.3, 0.4) is 0 Å². The van der Waals surface area contributed by atoms with E-state index in [4.69, 9.17) is 0 Å². The predicted molar refractivity (Wildman–Crippen MR) is 80.2 cm³/mol. The second-order valence-electron chi connectivity index (χ2n) is 5.41. The first kappa shape index (κ1) is 17.8. The summed E-state index contributed by atoms with van der Waals surface area (Å²) in [6, 6.07) is 2.34. The Morgan fingerprint density at radius 1 is 1.17 bits per heavy atom. The van der Waals surface area contributed by atoms with Gasteiger partial charge in [-0.3, -0.25) is 4.79 Å². The quantitative estimate of drug-likeness (QED) is 0.838. The van der Waals surface area contributed by atoms with Crippen LogP contribution in [-0.4, -0.2) is 63.9 Å². The van der Waals surface area contributed by atoms with Gasteiger partial charge < -0.3 is 9.80 Å². The molecular formula is C14H19F2N3O3S. The van der Waals surface area contributed by atoms with Gasteiger partial charge in [0, 0.05) is 39.1 Å². The third-order valence-electron chi connectivity index (χ3n) is 3.69. The van der Waals surface area contributed by atoms with Gasteiger partial charge in [-0.25, -0.2) is 21.9 Å². The van der Waals surface area contributed by atoms with Crippen LogP contribution in [0.2, 0.25) is 0 Å². The minimum absolute atomic E-state index is 0.0205. The molecule has 2 rings (SSSR count). The number of hydrogen-bond donors (Lipinski definition) is 1. The molecule has 1 N–H and O–H groups in total. The molecule has 1 aliphatic heterocycles. The van der Waals surface area contributed by atoms with Gasteiger partial charge in [-0.15, -0.1) is 0 Å². The number of sulfonamides is 1. The molecule has 1 aromatic rings. The lowest BCUT2D eigenvalue weighted by Gasteiger charge is -2.32. The van der Waals surface area contributed by atoms with Gasteiger partial charge in [-0.2, -0.15) is 0 Å². The number of carbonyl (C=O) groups is 1. The molecule has 23 heavy (non-hydrogen) atoms. The summed E-state index contributed by atoms with van der Waals surface area (Å²) < 4.78 is 52.1. The van der Waals surface area contributed by atoms with Crippen molar-refractivity contribution in [3.63, 3.8) is 0 Å². The largest absolute Gasteiger partial charge is 0.340 e. The fourth-order valence-electron chi connectivity index (χ4n) is 2.23. The number of benzene rings is 1. The van der Waals surface area contributed by atoms with Crippen molar-refractivity contribution in [3.8, 4) is 0 Å². The highest BCUT2D eigenvalue weighted by atomic mass is 32.2. The van der Waals surface area contributed by atoms with E-state index < -0.39 is 21.7 Å². The van der Waals surface area contributed by atoms with Crippen molar-refractivity contribution >= 4 is 15.9 Å². The molecule has 0 aromatic heterocycles. The lowest BCUT2D eigenvalue weighted by molar-refractivity contribution is -0.132. The molecule has 1 saturated heterocycles. The van der Waals surface area contributed by atoms with Crippen LogP contribution in [0.4, 0.5) is 8.78 Å². The van der Waals surface area contributed by atoms with Gasteiger partial charge in [0.15, 0.2) is 11.6 Å². The molecular weight excluding hydrogens is 328 g/mol. The molecule has 0 radical (unpaired) electrons. The van der Waals surface area contributed by atoms with E-state index >= 15 is 0 Å². The van der Waals surface area contributed by atoms with Crippen molar-refractivity contribution in [1.82, 2.24) is 14.5 Å². The van der Waals surface area contributed by atoms with Gasteiger partial charge in [-0.1, -0.05) is 0 Å². The summed E-state index contributed by atoms with van der Waals surface area (Å²) in [5.74, 6) is -2.48. The molecule has 128 valence electrons. The Bertz CT molecular complexity index is 674. The highest BCUT2D eigenvalue weighted by Gasteiger charge is 2.20. The third kappa shape index (κ3) is 4.69. The van der Waals surface area contributed by atoms with Crippen molar-refractivity contribution < 1.29 is 22.0 Å². The first-order chi connectivity index (χ1) is 10.8. The molecule has 1 amide bonds. The fraction of sp³-hybridized carbons (Fsp3) is 0.500. The molecule has 0 spiro atoms. The third-order valence-corrected chi connectivity index (χ3v) is 5.15. The second kappa shape index (κ2) is 7.33. The molecule has 0 saturated carbocycles. The number of amides is 1. The van der Waals surface area contributed by atoms with Crippen molar-refractivity contribution in [2.24, 2.45) is 0 Å². The topological polar surface area (TPSA) is 69.7 Å². The maximum Gasteiger partial charge on any atom is 0.240 e. The molecule has 0 aliphatic carbocycles. The number of hydrogen-bond acceptors (Lipinski definition) is 4. The van der Waals surface area contributed by atoms with Gasteiger partial charge in [0.2, 0.25) is 15.9 Å². The normalized spacial score (nSPS) is 16.6. The van der Waals surface area contributed by atoms with E-state index in [0.29, 0.717) is 19.2 Å². The monoisotopic (exact) mass is 347 g/mol. The maximum absolute atomic E-state index is 13.1. The molecule has 0 atom stereocenters. The zero-order valence-corrected chi connectivity index (χ0v) is 13.6. The lowest BCUT2D eigenvalue weighted by Crippen LogP contribution is -2.47. The predicted octanol–water partition coefficient (Wildman–Crippen LogP) is 0.407. The van der Waals surface area contributed by atoms with Gasteiger partial charge in [0.1, 0.15) is 0 Å². The Morgan fingerprint density at radius 3 is 2.43 bits per heavy atom. The number of nitrogens with zero attached hydrogens (tertiary/aromatic N) is 2. The smallest absolute Gasteiger partial charge is 0.240 e. The Labute approximate surface area is 134 Å². The van der Waals surface area contributed by atoms with E-state index in [1.54, 1.807) is 4.90 Å². The number of rotatable bonds is 5. The summed E-state index contributed by atoms with van der Waals surface area (Å²) in [6.45, 7) is 2.71. The zero-order valence-electron chi connectivity index (χ0n) is 12.8. The van der Waals surface area contributed by atoms with E-state index in [2.05, 4.69) is 9.62 Å². The first-order valence-electron chi connectivity index (χ1n) is 7.20. The second-order valence-corrected chi connectivity index (χ2v) is 7.17. The minimum Gasteiger partial charge on any atom is -0.340 e. The van der Waals surface area contributed by atoms with Gasteiger partial charge >= 0.3 is 0 Å².